The molecule has 5 heteroatoms. The van der Waals surface area contributed by atoms with Gasteiger partial charge in [0.05, 0.1) is 19.8 Å². The second kappa shape index (κ2) is 8.01. The molecule has 1 unspecified atom stereocenters. The highest BCUT2D eigenvalue weighted by Gasteiger charge is 2.24. The fraction of sp³-hybridized carbons (Fsp3) is 0.474. The van der Waals surface area contributed by atoms with Crippen LogP contribution in [-0.4, -0.2) is 45.8 Å². The Bertz CT molecular complexity index is 656. The Morgan fingerprint density at radius 3 is 2.88 bits per heavy atom. The lowest BCUT2D eigenvalue weighted by molar-refractivity contribution is 0.267. The van der Waals surface area contributed by atoms with Crippen LogP contribution in [0.15, 0.2) is 29.6 Å². The number of hydrogen-bond acceptors (Lipinski definition) is 5. The molecule has 0 bridgehead atoms. The van der Waals surface area contributed by atoms with Crippen molar-refractivity contribution in [2.45, 2.75) is 18.9 Å². The van der Waals surface area contributed by atoms with Gasteiger partial charge < -0.3 is 19.7 Å². The van der Waals surface area contributed by atoms with Crippen molar-refractivity contribution in [3.8, 4) is 11.5 Å². The third-order valence-electron chi connectivity index (χ3n) is 4.31. The first kappa shape index (κ1) is 17.3. The lowest BCUT2D eigenvalue weighted by atomic mass is 9.92. The minimum atomic E-state index is 0.254. The van der Waals surface area contributed by atoms with Gasteiger partial charge in [-0.15, -0.1) is 11.3 Å². The molecule has 0 aliphatic carbocycles. The molecule has 1 atom stereocenters. The minimum Gasteiger partial charge on any atom is -0.493 e. The molecular formula is C19H26N2O2S. The number of thiophene rings is 1. The average molecular weight is 346 g/mol. The summed E-state index contributed by atoms with van der Waals surface area (Å²) in [5.74, 6) is 1.69. The molecule has 2 aromatic rings. The van der Waals surface area contributed by atoms with Crippen LogP contribution in [0.4, 0.5) is 0 Å². The predicted molar refractivity (Wildman–Crippen MR) is 99.5 cm³/mol. The maximum Gasteiger partial charge on any atom is 0.161 e. The summed E-state index contributed by atoms with van der Waals surface area (Å²) in [6.07, 6.45) is 2.02. The van der Waals surface area contributed by atoms with Crippen LogP contribution in [0.2, 0.25) is 0 Å². The SMILES string of the molecule is COc1cc2c(cc1OCCCN(C)C)C(c1cccs1)NCC2. The summed E-state index contributed by atoms with van der Waals surface area (Å²) in [6.45, 7) is 2.71. The van der Waals surface area contributed by atoms with Crippen LogP contribution in [0, 0.1) is 0 Å². The van der Waals surface area contributed by atoms with Gasteiger partial charge in [0.1, 0.15) is 0 Å². The molecule has 1 aromatic carbocycles. The highest BCUT2D eigenvalue weighted by molar-refractivity contribution is 7.10. The molecule has 0 saturated heterocycles. The third kappa shape index (κ3) is 3.91. The summed E-state index contributed by atoms with van der Waals surface area (Å²) < 4.78 is 11.6. The number of methoxy groups -OCH3 is 1. The fourth-order valence-electron chi connectivity index (χ4n) is 3.11. The Kier molecular flexibility index (Phi) is 5.76. The molecule has 1 aliphatic heterocycles. The highest BCUT2D eigenvalue weighted by atomic mass is 32.1. The molecule has 0 spiro atoms. The maximum absolute atomic E-state index is 6.03. The van der Waals surface area contributed by atoms with Crippen LogP contribution in [0.25, 0.3) is 0 Å². The van der Waals surface area contributed by atoms with Crippen LogP contribution in [-0.2, 0) is 6.42 Å². The number of ether oxygens (including phenoxy) is 2. The van der Waals surface area contributed by atoms with Gasteiger partial charge in [-0.3, -0.25) is 0 Å². The summed E-state index contributed by atoms with van der Waals surface area (Å²) in [4.78, 5) is 3.52. The molecule has 4 nitrogen and oxygen atoms in total. The Labute approximate surface area is 148 Å². The Hall–Kier alpha value is -1.56. The second-order valence-electron chi connectivity index (χ2n) is 6.36. The van der Waals surface area contributed by atoms with Gasteiger partial charge >= 0.3 is 0 Å². The van der Waals surface area contributed by atoms with Crippen molar-refractivity contribution in [2.24, 2.45) is 0 Å². The molecule has 0 amide bonds. The van der Waals surface area contributed by atoms with E-state index in [0.717, 1.165) is 37.4 Å². The van der Waals surface area contributed by atoms with E-state index in [1.54, 1.807) is 18.4 Å². The minimum absolute atomic E-state index is 0.254. The molecule has 0 radical (unpaired) electrons. The van der Waals surface area contributed by atoms with E-state index in [9.17, 15) is 0 Å². The first-order valence-electron chi connectivity index (χ1n) is 8.44. The topological polar surface area (TPSA) is 33.7 Å². The summed E-state index contributed by atoms with van der Waals surface area (Å²) in [6, 6.07) is 8.87. The van der Waals surface area contributed by atoms with E-state index in [2.05, 4.69) is 54.0 Å². The lowest BCUT2D eigenvalue weighted by Crippen LogP contribution is -2.30. The first-order chi connectivity index (χ1) is 11.7. The van der Waals surface area contributed by atoms with E-state index in [4.69, 9.17) is 9.47 Å². The third-order valence-corrected chi connectivity index (χ3v) is 5.25. The first-order valence-corrected chi connectivity index (χ1v) is 9.32. The highest BCUT2D eigenvalue weighted by Crippen LogP contribution is 2.38. The van der Waals surface area contributed by atoms with E-state index < -0.39 is 0 Å². The van der Waals surface area contributed by atoms with Gasteiger partial charge in [-0.05, 0) is 61.6 Å². The van der Waals surface area contributed by atoms with E-state index >= 15 is 0 Å². The summed E-state index contributed by atoms with van der Waals surface area (Å²) >= 11 is 1.79. The number of benzene rings is 1. The predicted octanol–water partition coefficient (Wildman–Crippen LogP) is 3.32. The molecule has 0 fully saturated rings. The molecule has 130 valence electrons. The standard InChI is InChI=1S/C19H26N2O2S/c1-21(2)9-5-10-23-17-13-15-14(12-16(17)22-3)7-8-20-19(15)18-6-4-11-24-18/h4,6,11-13,19-20H,5,7-10H2,1-3H3. The van der Waals surface area contributed by atoms with E-state index in [1.807, 2.05) is 0 Å². The van der Waals surface area contributed by atoms with Crippen LogP contribution >= 0.6 is 11.3 Å². The van der Waals surface area contributed by atoms with Crippen molar-refractivity contribution in [3.63, 3.8) is 0 Å². The molecule has 0 saturated carbocycles. The van der Waals surface area contributed by atoms with Gasteiger partial charge in [0.25, 0.3) is 0 Å². The molecule has 3 rings (SSSR count). The zero-order chi connectivity index (χ0) is 16.9. The lowest BCUT2D eigenvalue weighted by Gasteiger charge is -2.27. The summed E-state index contributed by atoms with van der Waals surface area (Å²) in [5.41, 5.74) is 2.66. The fourth-order valence-corrected chi connectivity index (χ4v) is 3.93. The monoisotopic (exact) mass is 346 g/mol. The Morgan fingerprint density at radius 2 is 2.17 bits per heavy atom. The normalized spacial score (nSPS) is 16.9. The Balaban J connectivity index is 1.83. The van der Waals surface area contributed by atoms with Crippen LogP contribution in [0.1, 0.15) is 28.5 Å². The number of nitrogens with zero attached hydrogens (tertiary/aromatic N) is 1. The maximum atomic E-state index is 6.03. The zero-order valence-corrected chi connectivity index (χ0v) is 15.5. The van der Waals surface area contributed by atoms with E-state index in [0.29, 0.717) is 6.61 Å². The zero-order valence-electron chi connectivity index (χ0n) is 14.7. The molecule has 2 heterocycles. The van der Waals surface area contributed by atoms with Gasteiger partial charge in [-0.25, -0.2) is 0 Å². The molecule has 24 heavy (non-hydrogen) atoms. The smallest absolute Gasteiger partial charge is 0.161 e. The number of fused-ring (bicyclic) bond motifs is 1. The average Bonchev–Trinajstić information content (AvgIpc) is 3.11. The van der Waals surface area contributed by atoms with Crippen molar-refractivity contribution >= 4 is 11.3 Å². The van der Waals surface area contributed by atoms with Crippen molar-refractivity contribution in [2.75, 3.05) is 40.9 Å². The van der Waals surface area contributed by atoms with E-state index in [-0.39, 0.29) is 6.04 Å². The largest absolute Gasteiger partial charge is 0.493 e. The molecule has 1 aliphatic rings. The van der Waals surface area contributed by atoms with Crippen molar-refractivity contribution in [3.05, 3.63) is 45.6 Å². The van der Waals surface area contributed by atoms with Gasteiger partial charge in [-0.2, -0.15) is 0 Å². The van der Waals surface area contributed by atoms with E-state index in [1.165, 1.54) is 16.0 Å². The summed E-state index contributed by atoms with van der Waals surface area (Å²) in [7, 11) is 5.87. The number of rotatable bonds is 7. The summed E-state index contributed by atoms with van der Waals surface area (Å²) in [5, 5.41) is 5.76. The molecule has 1 aromatic heterocycles. The molecular weight excluding hydrogens is 320 g/mol. The van der Waals surface area contributed by atoms with Crippen LogP contribution in [0.3, 0.4) is 0 Å². The van der Waals surface area contributed by atoms with Gasteiger partial charge in [0.2, 0.25) is 0 Å². The quantitative estimate of drug-likeness (QED) is 0.780. The van der Waals surface area contributed by atoms with Gasteiger partial charge in [0, 0.05) is 18.0 Å². The number of hydrogen-bond donors (Lipinski definition) is 1. The van der Waals surface area contributed by atoms with Crippen LogP contribution in [0.5, 0.6) is 11.5 Å². The second-order valence-corrected chi connectivity index (χ2v) is 7.34. The van der Waals surface area contributed by atoms with Gasteiger partial charge in [0.15, 0.2) is 11.5 Å². The van der Waals surface area contributed by atoms with Crippen LogP contribution < -0.4 is 14.8 Å². The number of nitrogens with one attached hydrogen (secondary N) is 1. The van der Waals surface area contributed by atoms with Crippen molar-refractivity contribution in [1.29, 1.82) is 0 Å². The van der Waals surface area contributed by atoms with Crippen molar-refractivity contribution < 1.29 is 9.47 Å². The Morgan fingerprint density at radius 1 is 1.29 bits per heavy atom. The molecule has 1 N–H and O–H groups in total. The van der Waals surface area contributed by atoms with Crippen molar-refractivity contribution in [1.82, 2.24) is 10.2 Å². The van der Waals surface area contributed by atoms with Gasteiger partial charge in [-0.1, -0.05) is 6.07 Å².